The van der Waals surface area contributed by atoms with Crippen LogP contribution < -0.4 is 0 Å². The van der Waals surface area contributed by atoms with E-state index >= 15 is 0 Å². The number of unbranched alkanes of at least 4 members (excludes halogenated alkanes) is 20. The van der Waals surface area contributed by atoms with Gasteiger partial charge in [0.25, 0.3) is 0 Å². The highest BCUT2D eigenvalue weighted by Gasteiger charge is 2.45. The summed E-state index contributed by atoms with van der Waals surface area (Å²) >= 11 is 0. The molecule has 464 valence electrons. The molecule has 0 saturated carbocycles. The summed E-state index contributed by atoms with van der Waals surface area (Å²) in [6, 6.07) is 0. The van der Waals surface area contributed by atoms with Crippen LogP contribution in [0.4, 0.5) is 0 Å². The molecule has 18 atom stereocenters. The third kappa shape index (κ3) is 28.2. The SMILES string of the molecule is CCCCC1OCC([C@H]2OC[C@@H](O)C2O)O1.CCCCCCCCCCCC1OCC([C@H]2OC[C@@H](O)C2O)O1.CCCCCCCCCCCCOCC(O)[C@H]1OC[C@@H](O)C1O.CCCCCOCC(O)[C@H]1OC[C@@H](O)C1O. The van der Waals surface area contributed by atoms with Crippen LogP contribution in [0.15, 0.2) is 0 Å². The molecule has 0 aromatic carbocycles. The van der Waals surface area contributed by atoms with E-state index in [1.165, 1.54) is 103 Å². The van der Waals surface area contributed by atoms with Crippen molar-refractivity contribution in [2.45, 2.75) is 305 Å². The van der Waals surface area contributed by atoms with Crippen LogP contribution >= 0.6 is 0 Å². The molecule has 10 unspecified atom stereocenters. The fraction of sp³-hybridized carbons (Fsp3) is 1.00. The summed E-state index contributed by atoms with van der Waals surface area (Å²) in [5.41, 5.74) is 0. The van der Waals surface area contributed by atoms with Crippen molar-refractivity contribution in [3.63, 3.8) is 0 Å². The fourth-order valence-electron chi connectivity index (χ4n) is 10.2. The summed E-state index contributed by atoms with van der Waals surface area (Å²) in [4.78, 5) is 0. The normalized spacial score (nSPS) is 33.3. The molecule has 0 aliphatic carbocycles. The topological polar surface area (TPSA) is 295 Å². The van der Waals surface area contributed by atoms with Crippen molar-refractivity contribution in [2.75, 3.05) is 66.1 Å². The zero-order chi connectivity index (χ0) is 56.9. The van der Waals surface area contributed by atoms with Crippen molar-refractivity contribution >= 4 is 0 Å². The maximum Gasteiger partial charge on any atom is 0.158 e. The first-order valence-corrected chi connectivity index (χ1v) is 30.7. The van der Waals surface area contributed by atoms with Crippen LogP contribution in [-0.4, -0.2) is 227 Å². The second-order valence-electron chi connectivity index (χ2n) is 22.2. The predicted octanol–water partition coefficient (Wildman–Crippen LogP) is 4.89. The van der Waals surface area contributed by atoms with E-state index < -0.39 is 85.5 Å². The summed E-state index contributed by atoms with van der Waals surface area (Å²) in [5, 5.41) is 95.6. The molecule has 78 heavy (non-hydrogen) atoms. The quantitative estimate of drug-likeness (QED) is 0.0374. The third-order valence-corrected chi connectivity index (χ3v) is 15.2. The molecule has 6 rings (SSSR count). The molecule has 6 heterocycles. The van der Waals surface area contributed by atoms with E-state index in [1.54, 1.807) is 0 Å². The van der Waals surface area contributed by atoms with E-state index in [9.17, 15) is 51.1 Å². The largest absolute Gasteiger partial charge is 0.388 e. The van der Waals surface area contributed by atoms with Crippen molar-refractivity contribution in [1.82, 2.24) is 0 Å². The lowest BCUT2D eigenvalue weighted by molar-refractivity contribution is -0.103. The second-order valence-corrected chi connectivity index (χ2v) is 22.2. The Morgan fingerprint density at radius 3 is 1.00 bits per heavy atom. The van der Waals surface area contributed by atoms with Gasteiger partial charge in [-0.05, 0) is 38.5 Å². The summed E-state index contributed by atoms with van der Waals surface area (Å²) in [5.74, 6) is 0. The maximum atomic E-state index is 9.88. The van der Waals surface area contributed by atoms with Gasteiger partial charge in [-0.1, -0.05) is 156 Å². The highest BCUT2D eigenvalue weighted by molar-refractivity contribution is 4.92. The van der Waals surface area contributed by atoms with Crippen molar-refractivity contribution < 1.29 is 98.4 Å². The zero-order valence-corrected chi connectivity index (χ0v) is 48.4. The van der Waals surface area contributed by atoms with Gasteiger partial charge in [-0.2, -0.15) is 0 Å². The molecule has 6 aliphatic heterocycles. The molecular formula is C58H112O20. The van der Waals surface area contributed by atoms with Crippen LogP contribution in [0.25, 0.3) is 0 Å². The van der Waals surface area contributed by atoms with Crippen LogP contribution in [-0.2, 0) is 47.4 Å². The minimum atomic E-state index is -1.02. The highest BCUT2D eigenvalue weighted by Crippen LogP contribution is 2.29. The van der Waals surface area contributed by atoms with Crippen molar-refractivity contribution in [3.05, 3.63) is 0 Å². The van der Waals surface area contributed by atoms with Gasteiger partial charge in [-0.15, -0.1) is 0 Å². The summed E-state index contributed by atoms with van der Waals surface area (Å²) in [7, 11) is 0. The van der Waals surface area contributed by atoms with E-state index in [-0.39, 0.29) is 64.4 Å². The minimum absolute atomic E-state index is 0.0682. The molecule has 0 bridgehead atoms. The second kappa shape index (κ2) is 43.8. The van der Waals surface area contributed by atoms with Gasteiger partial charge in [-0.25, -0.2) is 0 Å². The number of hydrogen-bond donors (Lipinski definition) is 10. The lowest BCUT2D eigenvalue weighted by atomic mass is 10.1. The molecule has 20 heteroatoms. The first-order chi connectivity index (χ1) is 37.8. The maximum absolute atomic E-state index is 9.88. The van der Waals surface area contributed by atoms with E-state index in [1.807, 2.05) is 0 Å². The predicted molar refractivity (Wildman–Crippen MR) is 293 cm³/mol. The van der Waals surface area contributed by atoms with E-state index in [2.05, 4.69) is 27.7 Å². The molecule has 6 fully saturated rings. The molecule has 6 saturated heterocycles. The van der Waals surface area contributed by atoms with Crippen LogP contribution in [0.1, 0.15) is 195 Å². The van der Waals surface area contributed by atoms with Gasteiger partial charge in [0.05, 0.1) is 52.9 Å². The van der Waals surface area contributed by atoms with Crippen molar-refractivity contribution in [3.8, 4) is 0 Å². The number of aliphatic hydroxyl groups excluding tert-OH is 10. The Labute approximate surface area is 468 Å². The number of hydrogen-bond acceptors (Lipinski definition) is 20. The summed E-state index contributed by atoms with van der Waals surface area (Å²) in [6.45, 7) is 11.6. The molecule has 0 aromatic heterocycles. The van der Waals surface area contributed by atoms with E-state index in [0.29, 0.717) is 26.4 Å². The molecule has 0 aromatic rings. The fourth-order valence-corrected chi connectivity index (χ4v) is 10.2. The van der Waals surface area contributed by atoms with Crippen molar-refractivity contribution in [1.29, 1.82) is 0 Å². The molecule has 0 amide bonds. The molecular weight excluding hydrogens is 1020 g/mol. The number of aliphatic hydroxyl groups is 10. The number of rotatable bonds is 36. The first-order valence-electron chi connectivity index (χ1n) is 30.7. The average molecular weight is 1130 g/mol. The summed E-state index contributed by atoms with van der Waals surface area (Å²) in [6.07, 6.45) is 19.5. The monoisotopic (exact) mass is 1130 g/mol. The Morgan fingerprint density at radius 1 is 0.346 bits per heavy atom. The highest BCUT2D eigenvalue weighted by atomic mass is 16.7. The third-order valence-electron chi connectivity index (χ3n) is 15.2. The molecule has 10 N–H and O–H groups in total. The van der Waals surface area contributed by atoms with Gasteiger partial charge < -0.3 is 98.4 Å². The zero-order valence-electron chi connectivity index (χ0n) is 48.4. The molecule has 0 radical (unpaired) electrons. The molecule has 20 nitrogen and oxygen atoms in total. The van der Waals surface area contributed by atoms with Gasteiger partial charge in [-0.3, -0.25) is 0 Å². The lowest BCUT2D eigenvalue weighted by Crippen LogP contribution is -2.40. The van der Waals surface area contributed by atoms with Crippen LogP contribution in [0.3, 0.4) is 0 Å². The standard InChI is InChI=1S/C18H34O5.C18H36O5.C11H20O5.C11H22O5/c1-2-3-4-5-6-7-8-9-10-11-16-21-13-15(23-16)18-17(20)14(19)12-22-18;1-2-3-4-5-6-7-8-9-10-11-12-22-13-16(20)18-17(21)15(19)14-23-18;1-2-3-4-9-14-6-8(16-9)11-10(13)7(12)5-15-11;1-2-3-4-5-15-6-9(13)11-10(14)8(12)7-16-11/h14-20H,2-13H2,1H3;15-21H,2-14H2,1H3;7-13H,2-6H2,1H3;8-14H,2-7H2,1H3/t14-,15?,16?,17?,18-;15-,16?,17?,18-;7-,8?,9?,10?,11-;8-,9?,10?,11-/m1111/s1. The van der Waals surface area contributed by atoms with Crippen molar-refractivity contribution in [2.24, 2.45) is 0 Å². The molecule has 0 spiro atoms. The first kappa shape index (κ1) is 71.5. The number of ether oxygens (including phenoxy) is 10. The Bertz CT molecular complexity index is 1390. The Hall–Kier alpha value is -0.800. The Morgan fingerprint density at radius 2 is 0.654 bits per heavy atom. The lowest BCUT2D eigenvalue weighted by Gasteiger charge is -2.20. The van der Waals surface area contributed by atoms with Gasteiger partial charge in [0.15, 0.2) is 12.6 Å². The van der Waals surface area contributed by atoms with E-state index in [0.717, 1.165) is 64.2 Å². The van der Waals surface area contributed by atoms with Gasteiger partial charge in [0.2, 0.25) is 0 Å². The van der Waals surface area contributed by atoms with Crippen LogP contribution in [0, 0.1) is 0 Å². The smallest absolute Gasteiger partial charge is 0.158 e. The average Bonchev–Trinajstić information content (AvgIpc) is 4.34. The van der Waals surface area contributed by atoms with Gasteiger partial charge in [0.1, 0.15) is 97.7 Å². The van der Waals surface area contributed by atoms with Crippen LogP contribution in [0.2, 0.25) is 0 Å². The van der Waals surface area contributed by atoms with Gasteiger partial charge >= 0.3 is 0 Å². The van der Waals surface area contributed by atoms with Gasteiger partial charge in [0, 0.05) is 13.2 Å². The van der Waals surface area contributed by atoms with Crippen LogP contribution in [0.5, 0.6) is 0 Å². The summed E-state index contributed by atoms with van der Waals surface area (Å²) < 4.78 is 54.3. The Kier molecular flexibility index (Phi) is 40.1. The molecule has 6 aliphatic rings. The Balaban J connectivity index is 0.000000277. The van der Waals surface area contributed by atoms with E-state index in [4.69, 9.17) is 47.4 Å². The minimum Gasteiger partial charge on any atom is -0.388 e.